The molecule has 0 radical (unpaired) electrons. The summed E-state index contributed by atoms with van der Waals surface area (Å²) in [5.74, 6) is 0.336. The molecule has 145 heavy (non-hydrogen) atoms. The van der Waals surface area contributed by atoms with Crippen molar-refractivity contribution >= 4 is 53.4 Å². The summed E-state index contributed by atoms with van der Waals surface area (Å²) < 4.78 is 22.8. The normalized spacial score (nSPS) is 15.0. The Hall–Kier alpha value is -13.2. The van der Waals surface area contributed by atoms with Gasteiger partial charge < -0.3 is 79.5 Å². The largest absolute Gasteiger partial charge is 0.450 e. The maximum Gasteiger partial charge on any atom is 0.409 e. The van der Waals surface area contributed by atoms with Crippen molar-refractivity contribution in [1.29, 1.82) is 0 Å². The van der Waals surface area contributed by atoms with Crippen LogP contribution < -0.4 is 26.6 Å². The minimum atomic E-state index is -0.263. The molecule has 30 nitrogen and oxygen atoms in total. The number of imidazole rings is 1. The molecule has 8 aromatic carbocycles. The molecular weight excluding hydrogens is 1830 g/mol. The summed E-state index contributed by atoms with van der Waals surface area (Å²) in [6.07, 6.45) is 11.1. The number of aromatic nitrogens is 3. The zero-order chi connectivity index (χ0) is 104. The van der Waals surface area contributed by atoms with Gasteiger partial charge in [-0.2, -0.15) is 0 Å². The summed E-state index contributed by atoms with van der Waals surface area (Å²) in [5.41, 5.74) is 16.1. The lowest BCUT2D eigenvalue weighted by Gasteiger charge is -2.32. The second kappa shape index (κ2) is 64.6. The van der Waals surface area contributed by atoms with Crippen molar-refractivity contribution in [1.82, 2.24) is 85.2 Å². The van der Waals surface area contributed by atoms with Gasteiger partial charge in [0.1, 0.15) is 0 Å². The van der Waals surface area contributed by atoms with E-state index in [0.717, 1.165) is 263 Å². The zero-order valence-electron chi connectivity index (χ0n) is 87.4. The molecular formula is C115H155N17O13. The molecule has 16 rings (SSSR count). The average Bonchev–Trinajstić information content (AvgIpc) is 1.18. The number of likely N-dealkylation sites (N-methyl/N-ethyl adjacent to an activating group) is 3. The number of nitrogens with zero attached hydrogens (tertiary/aromatic N) is 12. The fourth-order valence-electron chi connectivity index (χ4n) is 15.9. The Bertz CT molecular complexity index is 5470. The predicted octanol–water partition coefficient (Wildman–Crippen LogP) is 13.4. The number of ether oxygens (including phenoxy) is 4. The first-order chi connectivity index (χ1) is 70.1. The average molecular weight is 1980 g/mol. The molecule has 10 aromatic rings. The summed E-state index contributed by atoms with van der Waals surface area (Å²) >= 11 is 0. The summed E-state index contributed by atoms with van der Waals surface area (Å²) in [4.78, 5) is 135. The smallest absolute Gasteiger partial charge is 0.409 e. The van der Waals surface area contributed by atoms with Crippen LogP contribution in [0.15, 0.2) is 237 Å². The minimum Gasteiger partial charge on any atom is -0.450 e. The quantitative estimate of drug-likeness (QED) is 0.0299. The van der Waals surface area contributed by atoms with Gasteiger partial charge in [0.25, 0.3) is 47.3 Å². The highest BCUT2D eigenvalue weighted by atomic mass is 16.6. The van der Waals surface area contributed by atoms with Gasteiger partial charge in [-0.05, 0) is 218 Å². The first-order valence-electron chi connectivity index (χ1n) is 51.0. The first kappa shape index (κ1) is 115. The SMILES string of the molecule is CCOC(=O)N1CCC(NC(=O)c2ccc(C)cc2)CC1.Cc1ccc(C(=O)N(C)CCc2ccccn2)cc1.Cc1ccc(C(=O)N2CCN(C)CC2)cc1.Cc1ccc(C(=O)NCCCN2CCOCC2)cc1.Cc1ccc(C(=O)NCCCn2ccnc2)cc1.Cc1ccc(C(=O)NCCN2CCOCC2)cc1.Cc1cccc(C(=O)N2CCN(C)CC2)c1.Cc1cccc(C(=O)NCCN2CCOCC2)c1. The standard InChI is InChI=1S/C16H22N2O3.C16H18N2O.C15H22N2O2.C14H17N3O.2C14H20N2O2.2C13H18N2O/c1-3-21-16(20)18-10-8-14(9-11-18)17-15(19)13-6-4-12(2)5-7-13;1-13-6-8-14(9-7-13)16(19)18(2)12-10-15-5-3-4-11-17-15;1-13-3-5-14(6-4-13)15(18)16-7-2-8-17-9-11-19-12-10-17;1-12-3-5-13(6-4-12)14(18)16-7-2-9-17-10-8-15-11-17;1-12-2-4-13(5-3-12)14(17)15-6-7-16-8-10-18-11-9-16;1-12-3-2-4-13(11-12)14(17)15-5-6-16-7-9-18-10-8-16;1-11-3-5-12(6-4-11)13(16)15-9-7-14(2)8-10-15;1-11-4-3-5-12(10-11)13(16)15-8-6-14(2)7-9-15/h4-7,14H,3,8-11H2,1-2H3,(H,17,19);3-9,11H,10,12H2,1-2H3;3-6H,2,7-12H2,1H3,(H,16,18);3-6,8,10-11H,2,7,9H2,1H3,(H,16,18);2-5H,6-11H2,1H3,(H,15,17);2-4,11H,5-10H2,1H3,(H,15,17);3-6H,7-10H2,1-2H3;3-5,10H,6-9H2,1-2H3. The molecule has 0 aliphatic carbocycles. The fourth-order valence-corrected chi connectivity index (χ4v) is 15.9. The maximum atomic E-state index is 12.2. The van der Waals surface area contributed by atoms with Crippen LogP contribution in [0.4, 0.5) is 4.79 Å². The van der Waals surface area contributed by atoms with Crippen molar-refractivity contribution in [2.45, 2.75) is 107 Å². The lowest BCUT2D eigenvalue weighted by molar-refractivity contribution is 0.0374. The Morgan fingerprint density at radius 2 is 0.738 bits per heavy atom. The number of aryl methyl sites for hydroxylation is 9. The number of carbonyl (C=O) groups is 9. The third-order valence-corrected chi connectivity index (χ3v) is 25.2. The monoisotopic (exact) mass is 1980 g/mol. The third kappa shape index (κ3) is 44.1. The number of piperidine rings is 1. The highest BCUT2D eigenvalue weighted by molar-refractivity contribution is 5.98. The molecule has 0 bridgehead atoms. The van der Waals surface area contributed by atoms with E-state index in [1.54, 1.807) is 35.4 Å². The van der Waals surface area contributed by atoms with Crippen LogP contribution in [0.5, 0.6) is 0 Å². The second-order valence-electron chi connectivity index (χ2n) is 37.3. The van der Waals surface area contributed by atoms with Crippen molar-refractivity contribution in [2.75, 3.05) is 224 Å². The van der Waals surface area contributed by atoms with E-state index in [2.05, 4.69) is 75.1 Å². The van der Waals surface area contributed by atoms with E-state index in [9.17, 15) is 43.2 Å². The summed E-state index contributed by atoms with van der Waals surface area (Å²) in [5, 5.41) is 14.8. The topological polar surface area (TPSA) is 311 Å². The lowest BCUT2D eigenvalue weighted by Crippen LogP contribution is -2.47. The first-order valence-corrected chi connectivity index (χ1v) is 51.0. The number of amides is 9. The van der Waals surface area contributed by atoms with Crippen molar-refractivity contribution in [3.8, 4) is 0 Å². The Morgan fingerprint density at radius 3 is 1.14 bits per heavy atom. The van der Waals surface area contributed by atoms with Crippen LogP contribution in [0.3, 0.4) is 0 Å². The van der Waals surface area contributed by atoms with Gasteiger partial charge in [-0.1, -0.05) is 148 Å². The van der Waals surface area contributed by atoms with Crippen LogP contribution >= 0.6 is 0 Å². The van der Waals surface area contributed by atoms with E-state index in [-0.39, 0.29) is 59.4 Å². The molecule has 6 aliphatic heterocycles. The number of likely N-dealkylation sites (tertiary alicyclic amines) is 1. The van der Waals surface area contributed by atoms with Gasteiger partial charge in [0, 0.05) is 245 Å². The van der Waals surface area contributed by atoms with Crippen LogP contribution in [0.2, 0.25) is 0 Å². The van der Waals surface area contributed by atoms with Gasteiger partial charge in [-0.25, -0.2) is 9.78 Å². The van der Waals surface area contributed by atoms with Crippen molar-refractivity contribution in [3.05, 3.63) is 332 Å². The summed E-state index contributed by atoms with van der Waals surface area (Å²) in [6.45, 7) is 44.6. The van der Waals surface area contributed by atoms with E-state index in [1.165, 1.54) is 16.7 Å². The molecule has 0 spiro atoms. The molecule has 0 unspecified atom stereocenters. The number of morpholine rings is 3. The van der Waals surface area contributed by atoms with Crippen LogP contribution in [0, 0.1) is 55.4 Å². The van der Waals surface area contributed by atoms with E-state index in [1.807, 2.05) is 295 Å². The Balaban J connectivity index is 0.000000185. The number of benzene rings is 8. The van der Waals surface area contributed by atoms with Gasteiger partial charge in [0.15, 0.2) is 0 Å². The highest BCUT2D eigenvalue weighted by Gasteiger charge is 2.27. The number of piperazine rings is 2. The van der Waals surface area contributed by atoms with E-state index in [4.69, 9.17) is 18.9 Å². The predicted molar refractivity (Wildman–Crippen MR) is 573 cm³/mol. The third-order valence-electron chi connectivity index (χ3n) is 25.2. The van der Waals surface area contributed by atoms with Crippen LogP contribution in [-0.2, 0) is 31.9 Å². The molecule has 778 valence electrons. The fraction of sp³-hybridized carbons (Fsp3) is 0.435. The molecule has 0 atom stereocenters. The maximum absolute atomic E-state index is 12.2. The highest BCUT2D eigenvalue weighted by Crippen LogP contribution is 2.18. The molecule has 0 saturated carbocycles. The Labute approximate surface area is 859 Å². The number of hydrogen-bond donors (Lipinski definition) is 5. The van der Waals surface area contributed by atoms with Crippen molar-refractivity contribution < 1.29 is 62.1 Å². The van der Waals surface area contributed by atoms with Crippen LogP contribution in [0.1, 0.15) is 166 Å². The van der Waals surface area contributed by atoms with Crippen LogP contribution in [-0.4, -0.2) is 342 Å². The van der Waals surface area contributed by atoms with Crippen LogP contribution in [0.25, 0.3) is 0 Å². The molecule has 6 fully saturated rings. The van der Waals surface area contributed by atoms with Gasteiger partial charge in [0.05, 0.1) is 52.6 Å². The Morgan fingerprint density at radius 1 is 0.366 bits per heavy atom. The van der Waals surface area contributed by atoms with E-state index in [0.29, 0.717) is 57.0 Å². The Kier molecular flexibility index (Phi) is 51.4. The summed E-state index contributed by atoms with van der Waals surface area (Å²) in [6, 6.07) is 67.3. The molecule has 9 amide bonds. The number of hydrogen-bond acceptors (Lipinski definition) is 20. The molecule has 6 aliphatic rings. The molecule has 8 heterocycles. The van der Waals surface area contributed by atoms with Gasteiger partial charge in [-0.3, -0.25) is 58.0 Å². The van der Waals surface area contributed by atoms with Crippen molar-refractivity contribution in [2.24, 2.45) is 0 Å². The number of pyridine rings is 1. The minimum absolute atomic E-state index is 0.00302. The number of nitrogens with one attached hydrogen (secondary N) is 5. The summed E-state index contributed by atoms with van der Waals surface area (Å²) in [7, 11) is 6.01. The van der Waals surface area contributed by atoms with Gasteiger partial charge >= 0.3 is 6.09 Å². The molecule has 6 saturated heterocycles. The second-order valence-corrected chi connectivity index (χ2v) is 37.3. The number of rotatable bonds is 27. The lowest BCUT2D eigenvalue weighted by atomic mass is 10.0. The van der Waals surface area contributed by atoms with E-state index >= 15 is 0 Å². The van der Waals surface area contributed by atoms with Gasteiger partial charge in [0.2, 0.25) is 0 Å². The molecule has 30 heteroatoms. The number of carbonyl (C=O) groups excluding carboxylic acids is 9. The zero-order valence-corrected chi connectivity index (χ0v) is 87.4. The van der Waals surface area contributed by atoms with Crippen molar-refractivity contribution in [3.63, 3.8) is 0 Å². The van der Waals surface area contributed by atoms with Gasteiger partial charge in [-0.15, -0.1) is 0 Å². The van der Waals surface area contributed by atoms with E-state index < -0.39 is 0 Å². The molecule has 2 aromatic heterocycles. The molecule has 5 N–H and O–H groups in total.